The molecule has 122 valence electrons. The lowest BCUT2D eigenvalue weighted by atomic mass is 10.1. The first-order valence-electron chi connectivity index (χ1n) is 7.73. The third-order valence-electron chi connectivity index (χ3n) is 3.93. The Morgan fingerprint density at radius 1 is 1.04 bits per heavy atom. The maximum absolute atomic E-state index is 12.3. The Morgan fingerprint density at radius 3 is 2.50 bits per heavy atom. The molecule has 0 aliphatic heterocycles. The Morgan fingerprint density at radius 2 is 1.79 bits per heavy atom. The molecule has 1 aromatic heterocycles. The molecule has 0 unspecified atom stereocenters. The summed E-state index contributed by atoms with van der Waals surface area (Å²) in [5.41, 5.74) is 5.13. The van der Waals surface area contributed by atoms with Crippen molar-refractivity contribution in [3.05, 3.63) is 59.2 Å². The van der Waals surface area contributed by atoms with Crippen LogP contribution in [0.25, 0.3) is 11.4 Å². The minimum absolute atomic E-state index is 0.0587. The summed E-state index contributed by atoms with van der Waals surface area (Å²) in [5, 5.41) is 14.5. The van der Waals surface area contributed by atoms with Crippen molar-refractivity contribution in [1.82, 2.24) is 20.2 Å². The number of nitrogens with zero attached hydrogens (tertiary/aromatic N) is 4. The van der Waals surface area contributed by atoms with Crippen LogP contribution in [0.4, 0.5) is 5.69 Å². The molecular formula is C18H19N5O. The number of aromatic nitrogens is 4. The van der Waals surface area contributed by atoms with Crippen molar-refractivity contribution < 1.29 is 4.79 Å². The molecule has 1 N–H and O–H groups in total. The van der Waals surface area contributed by atoms with Crippen molar-refractivity contribution in [2.24, 2.45) is 0 Å². The molecule has 0 atom stereocenters. The predicted octanol–water partition coefficient (Wildman–Crippen LogP) is 2.90. The molecule has 6 heteroatoms. The Balaban J connectivity index is 1.74. The molecule has 1 amide bonds. The lowest BCUT2D eigenvalue weighted by molar-refractivity contribution is -0.116. The van der Waals surface area contributed by atoms with Crippen molar-refractivity contribution in [3.8, 4) is 11.4 Å². The first-order valence-corrected chi connectivity index (χ1v) is 7.73. The molecule has 0 spiro atoms. The van der Waals surface area contributed by atoms with Gasteiger partial charge in [0.2, 0.25) is 5.91 Å². The lowest BCUT2D eigenvalue weighted by Gasteiger charge is -2.08. The predicted molar refractivity (Wildman–Crippen MR) is 92.5 cm³/mol. The number of rotatable bonds is 4. The zero-order valence-electron chi connectivity index (χ0n) is 13.9. The van der Waals surface area contributed by atoms with Gasteiger partial charge in [-0.15, -0.1) is 5.10 Å². The minimum Gasteiger partial charge on any atom is -0.324 e. The van der Waals surface area contributed by atoms with Crippen LogP contribution >= 0.6 is 0 Å². The first kappa shape index (κ1) is 15.9. The van der Waals surface area contributed by atoms with E-state index in [2.05, 4.69) is 20.8 Å². The van der Waals surface area contributed by atoms with E-state index in [1.807, 2.05) is 63.2 Å². The van der Waals surface area contributed by atoms with E-state index in [-0.39, 0.29) is 12.5 Å². The Hall–Kier alpha value is -3.02. The van der Waals surface area contributed by atoms with Crippen LogP contribution in [0.2, 0.25) is 0 Å². The smallest absolute Gasteiger partial charge is 0.246 e. The number of amides is 1. The normalized spacial score (nSPS) is 10.6. The van der Waals surface area contributed by atoms with Gasteiger partial charge in [-0.1, -0.05) is 35.9 Å². The molecule has 0 fully saturated rings. The van der Waals surface area contributed by atoms with E-state index in [0.717, 1.165) is 22.4 Å². The maximum Gasteiger partial charge on any atom is 0.246 e. The van der Waals surface area contributed by atoms with Crippen LogP contribution in [0, 0.1) is 20.8 Å². The number of anilines is 1. The molecule has 0 bridgehead atoms. The van der Waals surface area contributed by atoms with Crippen LogP contribution < -0.4 is 5.32 Å². The quantitative estimate of drug-likeness (QED) is 0.802. The van der Waals surface area contributed by atoms with E-state index in [1.165, 1.54) is 10.2 Å². The fourth-order valence-electron chi connectivity index (χ4n) is 2.38. The number of hydrogen-bond donors (Lipinski definition) is 1. The van der Waals surface area contributed by atoms with E-state index in [0.29, 0.717) is 5.82 Å². The van der Waals surface area contributed by atoms with E-state index in [9.17, 15) is 4.79 Å². The standard InChI is InChI=1S/C18H19N5O/c1-12-4-7-15(8-5-12)18-20-21-22-23(18)11-17(24)19-16-9-6-13(2)14(3)10-16/h4-10H,11H2,1-3H3,(H,19,24). The summed E-state index contributed by atoms with van der Waals surface area (Å²) in [6, 6.07) is 13.7. The van der Waals surface area contributed by atoms with Gasteiger partial charge >= 0.3 is 0 Å². The van der Waals surface area contributed by atoms with Gasteiger partial charge in [0.15, 0.2) is 5.82 Å². The van der Waals surface area contributed by atoms with Gasteiger partial charge in [-0.05, 0) is 54.5 Å². The lowest BCUT2D eigenvalue weighted by Crippen LogP contribution is -2.20. The second kappa shape index (κ2) is 6.62. The zero-order chi connectivity index (χ0) is 17.1. The number of benzene rings is 2. The van der Waals surface area contributed by atoms with Gasteiger partial charge in [0.25, 0.3) is 0 Å². The summed E-state index contributed by atoms with van der Waals surface area (Å²) in [4.78, 5) is 12.3. The van der Waals surface area contributed by atoms with E-state index in [1.54, 1.807) is 0 Å². The first-order chi connectivity index (χ1) is 11.5. The zero-order valence-corrected chi connectivity index (χ0v) is 13.9. The Labute approximate surface area is 140 Å². The van der Waals surface area contributed by atoms with Crippen molar-refractivity contribution in [3.63, 3.8) is 0 Å². The van der Waals surface area contributed by atoms with Crippen molar-refractivity contribution >= 4 is 11.6 Å². The van der Waals surface area contributed by atoms with Crippen LogP contribution in [0.1, 0.15) is 16.7 Å². The highest BCUT2D eigenvalue weighted by molar-refractivity contribution is 5.90. The van der Waals surface area contributed by atoms with Gasteiger partial charge in [-0.3, -0.25) is 4.79 Å². The van der Waals surface area contributed by atoms with Crippen LogP contribution in [0.5, 0.6) is 0 Å². The van der Waals surface area contributed by atoms with Gasteiger partial charge in [0.1, 0.15) is 6.54 Å². The van der Waals surface area contributed by atoms with Gasteiger partial charge in [0, 0.05) is 11.3 Å². The van der Waals surface area contributed by atoms with E-state index in [4.69, 9.17) is 0 Å². The van der Waals surface area contributed by atoms with E-state index >= 15 is 0 Å². The highest BCUT2D eigenvalue weighted by atomic mass is 16.2. The van der Waals surface area contributed by atoms with Crippen LogP contribution in [0.15, 0.2) is 42.5 Å². The summed E-state index contributed by atoms with van der Waals surface area (Å²) in [6.07, 6.45) is 0. The third-order valence-corrected chi connectivity index (χ3v) is 3.93. The number of aryl methyl sites for hydroxylation is 3. The molecule has 0 saturated heterocycles. The highest BCUT2D eigenvalue weighted by Crippen LogP contribution is 2.17. The van der Waals surface area contributed by atoms with Crippen molar-refractivity contribution in [2.45, 2.75) is 27.3 Å². The van der Waals surface area contributed by atoms with Crippen LogP contribution in [-0.4, -0.2) is 26.1 Å². The monoisotopic (exact) mass is 321 g/mol. The number of carbonyl (C=O) groups is 1. The minimum atomic E-state index is -0.168. The largest absolute Gasteiger partial charge is 0.324 e. The van der Waals surface area contributed by atoms with Gasteiger partial charge in [-0.2, -0.15) is 0 Å². The molecule has 6 nitrogen and oxygen atoms in total. The number of nitrogens with one attached hydrogen (secondary N) is 1. The number of carbonyl (C=O) groups excluding carboxylic acids is 1. The Kier molecular flexibility index (Phi) is 4.37. The molecule has 3 rings (SSSR count). The molecule has 1 heterocycles. The summed E-state index contributed by atoms with van der Waals surface area (Å²) in [6.45, 7) is 6.13. The summed E-state index contributed by atoms with van der Waals surface area (Å²) in [5.74, 6) is 0.407. The molecule has 3 aromatic rings. The Bertz CT molecular complexity index is 867. The van der Waals surface area contributed by atoms with Crippen LogP contribution in [-0.2, 0) is 11.3 Å². The van der Waals surface area contributed by atoms with Gasteiger partial charge in [-0.25, -0.2) is 4.68 Å². The molecule has 24 heavy (non-hydrogen) atoms. The average molecular weight is 321 g/mol. The average Bonchev–Trinajstić information content (AvgIpc) is 2.99. The highest BCUT2D eigenvalue weighted by Gasteiger charge is 2.12. The van der Waals surface area contributed by atoms with Gasteiger partial charge in [0.05, 0.1) is 0 Å². The summed E-state index contributed by atoms with van der Waals surface area (Å²) in [7, 11) is 0. The molecule has 0 aliphatic carbocycles. The SMILES string of the molecule is Cc1ccc(-c2nnnn2CC(=O)Nc2ccc(C)c(C)c2)cc1. The summed E-state index contributed by atoms with van der Waals surface area (Å²) >= 11 is 0. The second-order valence-corrected chi connectivity index (χ2v) is 5.87. The number of tetrazole rings is 1. The summed E-state index contributed by atoms with van der Waals surface area (Å²) < 4.78 is 1.50. The molecule has 0 saturated carbocycles. The second-order valence-electron chi connectivity index (χ2n) is 5.87. The topological polar surface area (TPSA) is 72.7 Å². The number of hydrogen-bond acceptors (Lipinski definition) is 4. The molecule has 0 radical (unpaired) electrons. The fraction of sp³-hybridized carbons (Fsp3) is 0.222. The fourth-order valence-corrected chi connectivity index (χ4v) is 2.38. The van der Waals surface area contributed by atoms with Crippen molar-refractivity contribution in [2.75, 3.05) is 5.32 Å². The van der Waals surface area contributed by atoms with Crippen LogP contribution in [0.3, 0.4) is 0 Å². The maximum atomic E-state index is 12.3. The third kappa shape index (κ3) is 3.48. The van der Waals surface area contributed by atoms with Gasteiger partial charge < -0.3 is 5.32 Å². The van der Waals surface area contributed by atoms with Crippen molar-refractivity contribution in [1.29, 1.82) is 0 Å². The van der Waals surface area contributed by atoms with E-state index < -0.39 is 0 Å². The molecular weight excluding hydrogens is 302 g/mol. The molecule has 0 aliphatic rings. The molecule has 2 aromatic carbocycles.